The Morgan fingerprint density at radius 3 is 2.78 bits per heavy atom. The summed E-state index contributed by atoms with van der Waals surface area (Å²) in [7, 11) is 1.59. The van der Waals surface area contributed by atoms with Gasteiger partial charge in [0.1, 0.15) is 5.75 Å². The molecule has 2 aromatic carbocycles. The van der Waals surface area contributed by atoms with Crippen LogP contribution in [-0.2, 0) is 0 Å². The number of ketones is 1. The fourth-order valence-corrected chi connectivity index (χ4v) is 3.86. The molecule has 0 saturated carbocycles. The maximum Gasteiger partial charge on any atom is 0.188 e. The molecule has 2 aliphatic rings. The third kappa shape index (κ3) is 1.37. The van der Waals surface area contributed by atoms with E-state index >= 15 is 0 Å². The van der Waals surface area contributed by atoms with E-state index in [0.29, 0.717) is 11.3 Å². The van der Waals surface area contributed by atoms with E-state index in [1.165, 1.54) is 0 Å². The van der Waals surface area contributed by atoms with Crippen molar-refractivity contribution >= 4 is 22.8 Å². The van der Waals surface area contributed by atoms with Crippen LogP contribution < -0.4 is 4.74 Å². The van der Waals surface area contributed by atoms with Gasteiger partial charge in [0.25, 0.3) is 0 Å². The van der Waals surface area contributed by atoms with E-state index in [1.54, 1.807) is 13.2 Å². The minimum absolute atomic E-state index is 0.0229. The third-order valence-corrected chi connectivity index (χ3v) is 4.77. The quantitative estimate of drug-likeness (QED) is 0.750. The number of methoxy groups -OCH3 is 1. The van der Waals surface area contributed by atoms with E-state index in [-0.39, 0.29) is 5.78 Å². The molecule has 0 amide bonds. The van der Waals surface area contributed by atoms with Crippen LogP contribution in [0.3, 0.4) is 0 Å². The largest absolute Gasteiger partial charge is 0.496 e. The van der Waals surface area contributed by atoms with Crippen LogP contribution in [0.2, 0.25) is 0 Å². The Kier molecular flexibility index (Phi) is 2.27. The molecule has 2 heterocycles. The molecule has 5 rings (SSSR count). The molecule has 4 nitrogen and oxygen atoms in total. The Balaban J connectivity index is 1.99. The zero-order valence-electron chi connectivity index (χ0n) is 12.4. The number of hydrogen-bond acceptors (Lipinski definition) is 3. The molecule has 1 aliphatic heterocycles. The highest BCUT2D eigenvalue weighted by atomic mass is 16.5. The Hall–Kier alpha value is -2.85. The number of hydrogen-bond donors (Lipinski definition) is 1. The average molecular weight is 303 g/mol. The minimum atomic E-state index is -0.853. The zero-order chi connectivity index (χ0) is 15.7. The molecule has 23 heavy (non-hydrogen) atoms. The summed E-state index contributed by atoms with van der Waals surface area (Å²) in [5.74, 6) is 0.610. The van der Waals surface area contributed by atoms with E-state index in [9.17, 15) is 9.90 Å². The monoisotopic (exact) mass is 303 g/mol. The molecule has 3 aromatic rings. The lowest BCUT2D eigenvalue weighted by molar-refractivity contribution is 0.104. The Morgan fingerprint density at radius 2 is 1.96 bits per heavy atom. The summed E-state index contributed by atoms with van der Waals surface area (Å²) < 4.78 is 7.25. The number of carbonyl (C=O) groups excluding carboxylic acids is 1. The number of benzene rings is 2. The van der Waals surface area contributed by atoms with Crippen molar-refractivity contribution in [2.24, 2.45) is 0 Å². The van der Waals surface area contributed by atoms with Crippen molar-refractivity contribution in [2.45, 2.75) is 6.23 Å². The second-order valence-electron chi connectivity index (χ2n) is 5.83. The summed E-state index contributed by atoms with van der Waals surface area (Å²) in [6, 6.07) is 11.5. The van der Waals surface area contributed by atoms with Crippen LogP contribution in [0.25, 0.3) is 28.2 Å². The van der Waals surface area contributed by atoms with Crippen molar-refractivity contribution in [3.63, 3.8) is 0 Å². The molecular weight excluding hydrogens is 290 g/mol. The van der Waals surface area contributed by atoms with Crippen molar-refractivity contribution in [1.82, 2.24) is 4.57 Å². The first kappa shape index (κ1) is 12.7. The van der Waals surface area contributed by atoms with Gasteiger partial charge < -0.3 is 14.4 Å². The highest BCUT2D eigenvalue weighted by molar-refractivity contribution is 6.24. The van der Waals surface area contributed by atoms with Crippen molar-refractivity contribution < 1.29 is 14.6 Å². The fourth-order valence-electron chi connectivity index (χ4n) is 3.86. The molecule has 112 valence electrons. The lowest BCUT2D eigenvalue weighted by atomic mass is 9.93. The lowest BCUT2D eigenvalue weighted by Crippen LogP contribution is -2.05. The van der Waals surface area contributed by atoms with Crippen LogP contribution in [0, 0.1) is 0 Å². The predicted molar refractivity (Wildman–Crippen MR) is 87.6 cm³/mol. The van der Waals surface area contributed by atoms with E-state index in [2.05, 4.69) is 0 Å². The smallest absolute Gasteiger partial charge is 0.188 e. The molecule has 1 atom stereocenters. The maximum atomic E-state index is 12.6. The van der Waals surface area contributed by atoms with Gasteiger partial charge in [-0.3, -0.25) is 4.79 Å². The van der Waals surface area contributed by atoms with Crippen LogP contribution in [-0.4, -0.2) is 22.6 Å². The van der Waals surface area contributed by atoms with Crippen LogP contribution in [0.15, 0.2) is 42.5 Å². The number of aliphatic hydroxyl groups excluding tert-OH is 1. The molecule has 0 spiro atoms. The van der Waals surface area contributed by atoms with Crippen LogP contribution in [0.5, 0.6) is 5.75 Å². The molecule has 1 aliphatic carbocycles. The van der Waals surface area contributed by atoms with E-state index < -0.39 is 6.23 Å². The number of nitrogens with zero attached hydrogens (tertiary/aromatic N) is 1. The average Bonchev–Trinajstić information content (AvgIpc) is 3.07. The molecule has 0 radical (unpaired) electrons. The van der Waals surface area contributed by atoms with Gasteiger partial charge in [-0.25, -0.2) is 0 Å². The Labute approximate surface area is 132 Å². The number of aliphatic hydroxyl groups is 1. The van der Waals surface area contributed by atoms with E-state index in [0.717, 1.165) is 33.3 Å². The lowest BCUT2D eigenvalue weighted by Gasteiger charge is -2.13. The molecule has 4 heteroatoms. The molecule has 0 bridgehead atoms. The Morgan fingerprint density at radius 1 is 1.13 bits per heavy atom. The summed E-state index contributed by atoms with van der Waals surface area (Å²) >= 11 is 0. The number of rotatable bonds is 1. The number of carbonyl (C=O) groups is 1. The number of fused-ring (bicyclic) bond motifs is 5. The molecule has 1 unspecified atom stereocenters. The van der Waals surface area contributed by atoms with Crippen LogP contribution >= 0.6 is 0 Å². The first-order valence-corrected chi connectivity index (χ1v) is 7.47. The van der Waals surface area contributed by atoms with Gasteiger partial charge in [-0.2, -0.15) is 0 Å². The van der Waals surface area contributed by atoms with Crippen molar-refractivity contribution in [2.75, 3.05) is 7.11 Å². The summed E-state index contributed by atoms with van der Waals surface area (Å²) in [5, 5.41) is 11.8. The molecule has 1 aromatic heterocycles. The second kappa shape index (κ2) is 4.12. The summed E-state index contributed by atoms with van der Waals surface area (Å²) in [5.41, 5.74) is 4.91. The minimum Gasteiger partial charge on any atom is -0.496 e. The summed E-state index contributed by atoms with van der Waals surface area (Å²) in [4.78, 5) is 12.6. The van der Waals surface area contributed by atoms with Gasteiger partial charge in [0.05, 0.1) is 29.4 Å². The van der Waals surface area contributed by atoms with E-state index in [4.69, 9.17) is 4.74 Å². The van der Waals surface area contributed by atoms with Gasteiger partial charge >= 0.3 is 0 Å². The standard InChI is InChI=1S/C19H13NO3/c1-23-14-7-3-5-11-16(14)19(22)20-12-6-2-4-10-8-9-13(21)17(15(10)12)18(11)20/h2-9,19,22H,1H3. The fraction of sp³-hybridized carbons (Fsp3) is 0.105. The third-order valence-electron chi connectivity index (χ3n) is 4.77. The van der Waals surface area contributed by atoms with Crippen molar-refractivity contribution in [3.05, 3.63) is 59.2 Å². The maximum absolute atomic E-state index is 12.6. The van der Waals surface area contributed by atoms with Gasteiger partial charge in [-0.05, 0) is 23.8 Å². The second-order valence-corrected chi connectivity index (χ2v) is 5.83. The highest BCUT2D eigenvalue weighted by Crippen LogP contribution is 2.50. The number of allylic oxidation sites excluding steroid dienone is 1. The van der Waals surface area contributed by atoms with Gasteiger partial charge in [-0.1, -0.05) is 30.3 Å². The van der Waals surface area contributed by atoms with Gasteiger partial charge in [0.2, 0.25) is 0 Å². The van der Waals surface area contributed by atoms with Gasteiger partial charge in [0, 0.05) is 10.9 Å². The van der Waals surface area contributed by atoms with Gasteiger partial charge in [0.15, 0.2) is 12.0 Å². The van der Waals surface area contributed by atoms with Crippen molar-refractivity contribution in [3.8, 4) is 17.0 Å². The first-order valence-electron chi connectivity index (χ1n) is 7.47. The molecule has 1 N–H and O–H groups in total. The molecule has 0 fully saturated rings. The Bertz CT molecular complexity index is 1040. The van der Waals surface area contributed by atoms with Gasteiger partial charge in [-0.15, -0.1) is 0 Å². The van der Waals surface area contributed by atoms with Crippen molar-refractivity contribution in [1.29, 1.82) is 0 Å². The highest BCUT2D eigenvalue weighted by Gasteiger charge is 2.37. The zero-order valence-corrected chi connectivity index (χ0v) is 12.4. The number of ether oxygens (including phenoxy) is 1. The molecular formula is C19H13NO3. The summed E-state index contributed by atoms with van der Waals surface area (Å²) in [6.07, 6.45) is 2.59. The van der Waals surface area contributed by atoms with Crippen LogP contribution in [0.1, 0.15) is 27.7 Å². The van der Waals surface area contributed by atoms with E-state index in [1.807, 2.05) is 47.0 Å². The normalized spacial score (nSPS) is 17.5. The number of aromatic nitrogens is 1. The predicted octanol–water partition coefficient (Wildman–Crippen LogP) is 3.38. The first-order chi connectivity index (χ1) is 11.2. The topological polar surface area (TPSA) is 51.5 Å². The SMILES string of the molecule is COc1cccc2c1C(O)n1c-2c2c3c(cccc31)C=CC2=O. The molecule has 0 saturated heterocycles. The summed E-state index contributed by atoms with van der Waals surface area (Å²) in [6.45, 7) is 0. The van der Waals surface area contributed by atoms with Crippen LogP contribution in [0.4, 0.5) is 0 Å².